The van der Waals surface area contributed by atoms with Crippen LogP contribution in [0.5, 0.6) is 0 Å². The molecule has 8 nitrogen and oxygen atoms in total. The van der Waals surface area contributed by atoms with Gasteiger partial charge in [0.05, 0.1) is 19.8 Å². The Labute approximate surface area is 97.9 Å². The average Bonchev–Trinajstić information content (AvgIpc) is 2.35. The Morgan fingerprint density at radius 2 is 2.18 bits per heavy atom. The van der Waals surface area contributed by atoms with Crippen LogP contribution in [0.15, 0.2) is 0 Å². The van der Waals surface area contributed by atoms with E-state index in [-0.39, 0.29) is 32.2 Å². The predicted octanol–water partition coefficient (Wildman–Crippen LogP) is -1.77. The van der Waals surface area contributed by atoms with Crippen LogP contribution in [0.4, 0.5) is 4.79 Å². The van der Waals surface area contributed by atoms with Gasteiger partial charge in [-0.15, -0.1) is 0 Å². The monoisotopic (exact) mass is 245 g/mol. The molecule has 17 heavy (non-hydrogen) atoms. The minimum atomic E-state index is -1.13. The lowest BCUT2D eigenvalue weighted by Gasteiger charge is -2.32. The number of likely N-dealkylation sites (N-methyl/N-ethyl adjacent to an activating group) is 1. The minimum Gasteiger partial charge on any atom is -0.480 e. The topological polar surface area (TPSA) is 108 Å². The van der Waals surface area contributed by atoms with Crippen molar-refractivity contribution in [3.8, 4) is 0 Å². The van der Waals surface area contributed by atoms with Crippen LogP contribution < -0.4 is 10.6 Å². The van der Waals surface area contributed by atoms with Crippen molar-refractivity contribution < 1.29 is 24.2 Å². The van der Waals surface area contributed by atoms with Gasteiger partial charge in [-0.25, -0.2) is 9.59 Å². The smallest absolute Gasteiger partial charge is 0.328 e. The van der Waals surface area contributed by atoms with Crippen LogP contribution in [0.1, 0.15) is 0 Å². The van der Waals surface area contributed by atoms with Crippen molar-refractivity contribution >= 4 is 17.9 Å². The number of carbonyl (C=O) groups is 3. The highest BCUT2D eigenvalue weighted by Gasteiger charge is 2.32. The molecule has 0 bridgehead atoms. The largest absolute Gasteiger partial charge is 0.480 e. The van der Waals surface area contributed by atoms with Gasteiger partial charge in [-0.3, -0.25) is 4.79 Å². The molecule has 1 fully saturated rings. The zero-order chi connectivity index (χ0) is 12.8. The molecule has 1 unspecified atom stereocenters. The van der Waals surface area contributed by atoms with Crippen molar-refractivity contribution in [3.63, 3.8) is 0 Å². The Morgan fingerprint density at radius 3 is 2.76 bits per heavy atom. The number of hydrogen-bond acceptors (Lipinski definition) is 4. The van der Waals surface area contributed by atoms with Crippen LogP contribution >= 0.6 is 0 Å². The molecular weight excluding hydrogens is 230 g/mol. The number of ether oxygens (including phenoxy) is 1. The molecular formula is C9H15N3O5. The fraction of sp³-hybridized carbons (Fsp3) is 0.667. The van der Waals surface area contributed by atoms with Gasteiger partial charge in [0.2, 0.25) is 5.91 Å². The molecule has 96 valence electrons. The molecule has 0 aromatic carbocycles. The van der Waals surface area contributed by atoms with E-state index in [2.05, 4.69) is 10.6 Å². The van der Waals surface area contributed by atoms with E-state index in [1.807, 2.05) is 0 Å². The van der Waals surface area contributed by atoms with Crippen molar-refractivity contribution in [2.24, 2.45) is 0 Å². The lowest BCUT2D eigenvalue weighted by atomic mass is 10.2. The van der Waals surface area contributed by atoms with Gasteiger partial charge in [0.15, 0.2) is 6.04 Å². The Balaban J connectivity index is 2.53. The van der Waals surface area contributed by atoms with E-state index in [4.69, 9.17) is 9.84 Å². The molecule has 0 aliphatic carbocycles. The minimum absolute atomic E-state index is 0.0390. The number of hydrogen-bond donors (Lipinski definition) is 3. The fourth-order valence-electron chi connectivity index (χ4n) is 1.40. The molecule has 0 radical (unpaired) electrons. The Morgan fingerprint density at radius 1 is 1.47 bits per heavy atom. The van der Waals surface area contributed by atoms with Crippen LogP contribution in [0.3, 0.4) is 0 Å². The summed E-state index contributed by atoms with van der Waals surface area (Å²) >= 11 is 0. The molecule has 8 heteroatoms. The second kappa shape index (κ2) is 6.04. The lowest BCUT2D eigenvalue weighted by Crippen LogP contribution is -2.56. The number of nitrogens with zero attached hydrogens (tertiary/aromatic N) is 1. The highest BCUT2D eigenvalue weighted by Crippen LogP contribution is 2.07. The Kier molecular flexibility index (Phi) is 4.70. The van der Waals surface area contributed by atoms with Gasteiger partial charge in [0.1, 0.15) is 0 Å². The number of aliphatic carboxylic acids is 1. The van der Waals surface area contributed by atoms with Gasteiger partial charge in [0, 0.05) is 13.6 Å². The fourth-order valence-corrected chi connectivity index (χ4v) is 1.40. The van der Waals surface area contributed by atoms with Crippen LogP contribution in [0.2, 0.25) is 0 Å². The summed E-state index contributed by atoms with van der Waals surface area (Å²) in [4.78, 5) is 34.6. The van der Waals surface area contributed by atoms with Crippen LogP contribution in [0, 0.1) is 0 Å². The van der Waals surface area contributed by atoms with E-state index in [1.165, 1.54) is 7.05 Å². The number of urea groups is 1. The highest BCUT2D eigenvalue weighted by atomic mass is 16.5. The molecule has 0 aromatic heterocycles. The van der Waals surface area contributed by atoms with Crippen molar-refractivity contribution in [1.29, 1.82) is 0 Å². The summed E-state index contributed by atoms with van der Waals surface area (Å²) in [6.07, 6.45) is 0. The zero-order valence-electron chi connectivity index (χ0n) is 9.43. The van der Waals surface area contributed by atoms with Crippen LogP contribution in [-0.2, 0) is 14.3 Å². The molecule has 1 heterocycles. The first-order chi connectivity index (χ1) is 8.06. The molecule has 1 aliphatic rings. The number of morpholine rings is 1. The number of nitrogens with one attached hydrogen (secondary N) is 2. The van der Waals surface area contributed by atoms with Gasteiger partial charge < -0.3 is 25.4 Å². The molecule has 1 atom stereocenters. The summed E-state index contributed by atoms with van der Waals surface area (Å²) in [6, 6.07) is -1.59. The zero-order valence-corrected chi connectivity index (χ0v) is 9.43. The summed E-state index contributed by atoms with van der Waals surface area (Å²) < 4.78 is 4.99. The SMILES string of the molecule is CNC(=O)CNC(=O)N1CCOCC1C(=O)O. The third kappa shape index (κ3) is 3.59. The van der Waals surface area contributed by atoms with Gasteiger partial charge in [-0.2, -0.15) is 0 Å². The van der Waals surface area contributed by atoms with E-state index >= 15 is 0 Å². The standard InChI is InChI=1S/C9H15N3O5/c1-10-7(13)4-11-9(16)12-2-3-17-5-6(12)8(14)15/h6H,2-5H2,1H3,(H,10,13)(H,11,16)(H,14,15). The summed E-state index contributed by atoms with van der Waals surface area (Å²) in [5, 5.41) is 13.6. The first-order valence-corrected chi connectivity index (χ1v) is 5.12. The first-order valence-electron chi connectivity index (χ1n) is 5.12. The van der Waals surface area contributed by atoms with E-state index in [1.54, 1.807) is 0 Å². The van der Waals surface area contributed by atoms with Crippen molar-refractivity contribution in [3.05, 3.63) is 0 Å². The molecule has 3 N–H and O–H groups in total. The number of amides is 3. The molecule has 1 saturated heterocycles. The molecule has 0 spiro atoms. The Hall–Kier alpha value is -1.83. The van der Waals surface area contributed by atoms with Crippen LogP contribution in [-0.4, -0.2) is 67.3 Å². The quantitative estimate of drug-likeness (QED) is 0.545. The maximum Gasteiger partial charge on any atom is 0.328 e. The third-order valence-electron chi connectivity index (χ3n) is 2.35. The second-order valence-corrected chi connectivity index (χ2v) is 3.45. The highest BCUT2D eigenvalue weighted by molar-refractivity contribution is 5.86. The van der Waals surface area contributed by atoms with Crippen molar-refractivity contribution in [2.75, 3.05) is 33.4 Å². The summed E-state index contributed by atoms with van der Waals surface area (Å²) in [5.41, 5.74) is 0. The molecule has 1 rings (SSSR count). The number of carboxylic acids is 1. The number of carbonyl (C=O) groups excluding carboxylic acids is 2. The summed E-state index contributed by atoms with van der Waals surface area (Å²) in [6.45, 7) is 0.259. The molecule has 0 aromatic rings. The van der Waals surface area contributed by atoms with Crippen LogP contribution in [0.25, 0.3) is 0 Å². The van der Waals surface area contributed by atoms with E-state index in [0.29, 0.717) is 0 Å². The third-order valence-corrected chi connectivity index (χ3v) is 2.35. The maximum absolute atomic E-state index is 11.6. The Bertz CT molecular complexity index is 320. The molecule has 1 aliphatic heterocycles. The van der Waals surface area contributed by atoms with Gasteiger partial charge in [0.25, 0.3) is 0 Å². The van der Waals surface area contributed by atoms with Crippen molar-refractivity contribution in [2.45, 2.75) is 6.04 Å². The first kappa shape index (κ1) is 13.2. The van der Waals surface area contributed by atoms with E-state index < -0.39 is 18.0 Å². The summed E-state index contributed by atoms with van der Waals surface area (Å²) in [7, 11) is 1.45. The number of rotatable bonds is 3. The molecule has 0 saturated carbocycles. The normalized spacial score (nSPS) is 19.6. The lowest BCUT2D eigenvalue weighted by molar-refractivity contribution is -0.147. The average molecular weight is 245 g/mol. The predicted molar refractivity (Wildman–Crippen MR) is 56.4 cm³/mol. The van der Waals surface area contributed by atoms with E-state index in [0.717, 1.165) is 4.90 Å². The van der Waals surface area contributed by atoms with E-state index in [9.17, 15) is 14.4 Å². The summed E-state index contributed by atoms with van der Waals surface area (Å²) in [5.74, 6) is -1.47. The van der Waals surface area contributed by atoms with Gasteiger partial charge in [-0.1, -0.05) is 0 Å². The second-order valence-electron chi connectivity index (χ2n) is 3.45. The van der Waals surface area contributed by atoms with Gasteiger partial charge >= 0.3 is 12.0 Å². The number of carboxylic acid groups (broad SMARTS) is 1. The molecule has 3 amide bonds. The maximum atomic E-state index is 11.6. The van der Waals surface area contributed by atoms with Crippen molar-refractivity contribution in [1.82, 2.24) is 15.5 Å². The van der Waals surface area contributed by atoms with Gasteiger partial charge in [-0.05, 0) is 0 Å².